The van der Waals surface area contributed by atoms with Crippen molar-refractivity contribution < 1.29 is 14.6 Å². The van der Waals surface area contributed by atoms with Crippen molar-refractivity contribution in [2.45, 2.75) is 6.42 Å². The molecule has 0 fully saturated rings. The molecular formula is C16H15N3O5. The Morgan fingerprint density at radius 3 is 2.67 bits per heavy atom. The number of fused-ring (bicyclic) bond motifs is 1. The molecule has 1 aliphatic rings. The SMILES string of the molecule is O=[N+]([O-])c1ccc(NCC2COc3ccccc3C2)c([N+](=O)[O-])c1. The zero-order valence-electron chi connectivity index (χ0n) is 12.7. The Kier molecular flexibility index (Phi) is 4.28. The molecule has 1 unspecified atom stereocenters. The largest absolute Gasteiger partial charge is 0.493 e. The van der Waals surface area contributed by atoms with Crippen LogP contribution in [0, 0.1) is 26.1 Å². The van der Waals surface area contributed by atoms with Gasteiger partial charge in [-0.3, -0.25) is 20.2 Å². The molecule has 0 saturated heterocycles. The van der Waals surface area contributed by atoms with E-state index in [1.165, 1.54) is 12.1 Å². The Hall–Kier alpha value is -3.16. The minimum atomic E-state index is -0.650. The van der Waals surface area contributed by atoms with Crippen molar-refractivity contribution in [2.75, 3.05) is 18.5 Å². The molecule has 2 aromatic carbocycles. The van der Waals surface area contributed by atoms with Crippen molar-refractivity contribution in [2.24, 2.45) is 5.92 Å². The van der Waals surface area contributed by atoms with Gasteiger partial charge in [0.2, 0.25) is 0 Å². The second-order valence-corrected chi connectivity index (χ2v) is 5.59. The summed E-state index contributed by atoms with van der Waals surface area (Å²) in [5, 5.41) is 24.9. The number of nitro groups is 2. The molecule has 0 aliphatic carbocycles. The quantitative estimate of drug-likeness (QED) is 0.667. The van der Waals surface area contributed by atoms with Crippen LogP contribution >= 0.6 is 0 Å². The Morgan fingerprint density at radius 2 is 1.92 bits per heavy atom. The molecule has 1 heterocycles. The summed E-state index contributed by atoms with van der Waals surface area (Å²) in [5.41, 5.74) is 0.765. The molecule has 1 atom stereocenters. The van der Waals surface area contributed by atoms with Crippen molar-refractivity contribution in [3.05, 3.63) is 68.3 Å². The van der Waals surface area contributed by atoms with Crippen LogP contribution in [0.1, 0.15) is 5.56 Å². The second-order valence-electron chi connectivity index (χ2n) is 5.59. The number of nitro benzene ring substituents is 2. The maximum absolute atomic E-state index is 11.1. The van der Waals surface area contributed by atoms with E-state index >= 15 is 0 Å². The van der Waals surface area contributed by atoms with E-state index in [4.69, 9.17) is 4.74 Å². The van der Waals surface area contributed by atoms with Gasteiger partial charge >= 0.3 is 0 Å². The molecule has 0 saturated carbocycles. The lowest BCUT2D eigenvalue weighted by Gasteiger charge is -2.25. The highest BCUT2D eigenvalue weighted by atomic mass is 16.6. The molecule has 0 radical (unpaired) electrons. The molecule has 0 aromatic heterocycles. The van der Waals surface area contributed by atoms with Gasteiger partial charge in [-0.25, -0.2) is 0 Å². The molecule has 0 amide bonds. The van der Waals surface area contributed by atoms with Crippen molar-refractivity contribution in [3.63, 3.8) is 0 Å². The lowest BCUT2D eigenvalue weighted by Crippen LogP contribution is -2.27. The maximum atomic E-state index is 11.1. The molecule has 1 aliphatic heterocycles. The number of non-ortho nitro benzene ring substituents is 1. The number of ether oxygens (including phenoxy) is 1. The van der Waals surface area contributed by atoms with Crippen LogP contribution in [0.3, 0.4) is 0 Å². The van der Waals surface area contributed by atoms with Gasteiger partial charge in [-0.1, -0.05) is 18.2 Å². The van der Waals surface area contributed by atoms with Gasteiger partial charge < -0.3 is 10.1 Å². The Bertz CT molecular complexity index is 793. The van der Waals surface area contributed by atoms with Crippen molar-refractivity contribution in [3.8, 4) is 5.75 Å². The third-order valence-electron chi connectivity index (χ3n) is 3.93. The first kappa shape index (κ1) is 15.7. The van der Waals surface area contributed by atoms with E-state index in [-0.39, 0.29) is 23.0 Å². The number of rotatable bonds is 5. The monoisotopic (exact) mass is 329 g/mol. The first-order valence-electron chi connectivity index (χ1n) is 7.42. The van der Waals surface area contributed by atoms with Gasteiger partial charge in [-0.2, -0.15) is 0 Å². The number of hydrogen-bond donors (Lipinski definition) is 1. The number of nitrogens with one attached hydrogen (secondary N) is 1. The summed E-state index contributed by atoms with van der Waals surface area (Å²) in [4.78, 5) is 20.6. The molecule has 124 valence electrons. The number of hydrogen-bond acceptors (Lipinski definition) is 6. The third kappa shape index (κ3) is 3.27. The highest BCUT2D eigenvalue weighted by Crippen LogP contribution is 2.30. The highest BCUT2D eigenvalue weighted by molar-refractivity contribution is 5.65. The molecular weight excluding hydrogens is 314 g/mol. The summed E-state index contributed by atoms with van der Waals surface area (Å²) in [5.74, 6) is 1.03. The normalized spacial score (nSPS) is 15.9. The van der Waals surface area contributed by atoms with Crippen LogP contribution < -0.4 is 10.1 Å². The Balaban J connectivity index is 1.71. The Labute approximate surface area is 137 Å². The van der Waals surface area contributed by atoms with Gasteiger partial charge in [0.15, 0.2) is 0 Å². The average Bonchev–Trinajstić information content (AvgIpc) is 2.59. The molecule has 24 heavy (non-hydrogen) atoms. The van der Waals surface area contributed by atoms with E-state index in [0.717, 1.165) is 23.8 Å². The first-order valence-corrected chi connectivity index (χ1v) is 7.42. The van der Waals surface area contributed by atoms with Crippen LogP contribution in [-0.4, -0.2) is 23.0 Å². The average molecular weight is 329 g/mol. The van der Waals surface area contributed by atoms with Crippen LogP contribution in [0.2, 0.25) is 0 Å². The summed E-state index contributed by atoms with van der Waals surface area (Å²) >= 11 is 0. The van der Waals surface area contributed by atoms with Crippen LogP contribution in [0.15, 0.2) is 42.5 Å². The van der Waals surface area contributed by atoms with Gasteiger partial charge in [0.05, 0.1) is 22.5 Å². The fourth-order valence-corrected chi connectivity index (χ4v) is 2.71. The van der Waals surface area contributed by atoms with Gasteiger partial charge in [-0.15, -0.1) is 0 Å². The smallest absolute Gasteiger partial charge is 0.299 e. The van der Waals surface area contributed by atoms with Gasteiger partial charge in [0.1, 0.15) is 11.4 Å². The first-order chi connectivity index (χ1) is 11.5. The summed E-state index contributed by atoms with van der Waals surface area (Å²) in [6.45, 7) is 0.998. The fourth-order valence-electron chi connectivity index (χ4n) is 2.71. The van der Waals surface area contributed by atoms with E-state index in [1.54, 1.807) is 0 Å². The Morgan fingerprint density at radius 1 is 1.12 bits per heavy atom. The predicted octanol–water partition coefficient (Wildman–Crippen LogP) is 3.17. The zero-order valence-corrected chi connectivity index (χ0v) is 12.7. The van der Waals surface area contributed by atoms with Crippen molar-refractivity contribution in [1.82, 2.24) is 0 Å². The van der Waals surface area contributed by atoms with E-state index in [0.29, 0.717) is 13.2 Å². The standard InChI is InChI=1S/C16H15N3O5/c20-18(21)13-5-6-14(15(8-13)19(22)23)17-9-11-7-12-3-1-2-4-16(12)24-10-11/h1-6,8,11,17H,7,9-10H2. The predicted molar refractivity (Wildman–Crippen MR) is 87.4 cm³/mol. The molecule has 0 bridgehead atoms. The van der Waals surface area contributed by atoms with Crippen molar-refractivity contribution >= 4 is 17.1 Å². The molecule has 8 heteroatoms. The number of nitrogens with zero attached hydrogens (tertiary/aromatic N) is 2. The minimum Gasteiger partial charge on any atom is -0.493 e. The van der Waals surface area contributed by atoms with E-state index in [2.05, 4.69) is 5.32 Å². The number of benzene rings is 2. The lowest BCUT2D eigenvalue weighted by atomic mass is 9.96. The lowest BCUT2D eigenvalue weighted by molar-refractivity contribution is -0.393. The molecule has 8 nitrogen and oxygen atoms in total. The molecule has 2 aromatic rings. The molecule has 1 N–H and O–H groups in total. The highest BCUT2D eigenvalue weighted by Gasteiger charge is 2.22. The maximum Gasteiger partial charge on any atom is 0.299 e. The zero-order chi connectivity index (χ0) is 17.1. The third-order valence-corrected chi connectivity index (χ3v) is 3.93. The van der Waals surface area contributed by atoms with E-state index in [9.17, 15) is 20.2 Å². The topological polar surface area (TPSA) is 108 Å². The summed E-state index contributed by atoms with van der Waals surface area (Å²) < 4.78 is 5.69. The molecule has 0 spiro atoms. The minimum absolute atomic E-state index is 0.162. The second kappa shape index (κ2) is 6.53. The summed E-state index contributed by atoms with van der Waals surface area (Å²) in [6.07, 6.45) is 0.809. The van der Waals surface area contributed by atoms with Gasteiger partial charge in [-0.05, 0) is 24.1 Å². The number of para-hydroxylation sites is 1. The fraction of sp³-hybridized carbons (Fsp3) is 0.250. The van der Waals surface area contributed by atoms with Gasteiger partial charge in [0, 0.05) is 18.5 Å². The van der Waals surface area contributed by atoms with Crippen LogP contribution in [0.4, 0.5) is 17.1 Å². The van der Waals surface area contributed by atoms with E-state index < -0.39 is 9.85 Å². The van der Waals surface area contributed by atoms with Gasteiger partial charge in [0.25, 0.3) is 11.4 Å². The summed E-state index contributed by atoms with van der Waals surface area (Å²) in [7, 11) is 0. The van der Waals surface area contributed by atoms with Crippen LogP contribution in [0.25, 0.3) is 0 Å². The number of anilines is 1. The van der Waals surface area contributed by atoms with E-state index in [1.807, 2.05) is 24.3 Å². The van der Waals surface area contributed by atoms with Crippen molar-refractivity contribution in [1.29, 1.82) is 0 Å². The van der Waals surface area contributed by atoms with Crippen LogP contribution in [-0.2, 0) is 6.42 Å². The summed E-state index contributed by atoms with van der Waals surface area (Å²) in [6, 6.07) is 11.4. The molecule has 3 rings (SSSR count). The van der Waals surface area contributed by atoms with Crippen LogP contribution in [0.5, 0.6) is 5.75 Å².